The summed E-state index contributed by atoms with van der Waals surface area (Å²) in [7, 11) is 0. The lowest BCUT2D eigenvalue weighted by molar-refractivity contribution is 0.0973. The van der Waals surface area contributed by atoms with Gasteiger partial charge in [-0.1, -0.05) is 34.1 Å². The molecule has 0 saturated heterocycles. The van der Waals surface area contributed by atoms with Crippen LogP contribution < -0.4 is 4.90 Å². The van der Waals surface area contributed by atoms with Gasteiger partial charge in [-0.05, 0) is 36.8 Å². The average molecular weight is 344 g/mol. The topological polar surface area (TPSA) is 37.4 Å². The van der Waals surface area contributed by atoms with Crippen LogP contribution in [0.3, 0.4) is 0 Å². The van der Waals surface area contributed by atoms with E-state index in [1.54, 1.807) is 23.1 Å². The van der Waals surface area contributed by atoms with Crippen LogP contribution in [-0.4, -0.2) is 18.2 Å². The summed E-state index contributed by atoms with van der Waals surface area (Å²) in [5.41, 5.74) is 1.97. The standard InChI is InChI=1S/C17H14BrNO2/c18-13-6-3-5-12(11-13)17(21)19-10-4-9-16(20)14-7-1-2-8-15(14)19/h1-3,5-8,11H,4,9-10H2. The van der Waals surface area contributed by atoms with E-state index in [9.17, 15) is 9.59 Å². The largest absolute Gasteiger partial charge is 0.308 e. The lowest BCUT2D eigenvalue weighted by Crippen LogP contribution is -2.31. The van der Waals surface area contributed by atoms with Crippen LogP contribution in [0.5, 0.6) is 0 Å². The van der Waals surface area contributed by atoms with Crippen molar-refractivity contribution in [2.24, 2.45) is 0 Å². The number of fused-ring (bicyclic) bond motifs is 1. The lowest BCUT2D eigenvalue weighted by Gasteiger charge is -2.22. The third-order valence-corrected chi connectivity index (χ3v) is 4.09. The molecule has 1 aliphatic heterocycles. The fourth-order valence-corrected chi connectivity index (χ4v) is 2.99. The van der Waals surface area contributed by atoms with Gasteiger partial charge in [0.25, 0.3) is 5.91 Å². The molecular formula is C17H14BrNO2. The van der Waals surface area contributed by atoms with Crippen molar-refractivity contribution in [1.82, 2.24) is 0 Å². The van der Waals surface area contributed by atoms with Crippen LogP contribution in [0.4, 0.5) is 5.69 Å². The highest BCUT2D eigenvalue weighted by Crippen LogP contribution is 2.28. The quantitative estimate of drug-likeness (QED) is 0.782. The molecule has 2 aromatic rings. The van der Waals surface area contributed by atoms with Crippen LogP contribution in [-0.2, 0) is 0 Å². The van der Waals surface area contributed by atoms with E-state index in [4.69, 9.17) is 0 Å². The summed E-state index contributed by atoms with van der Waals surface area (Å²) in [6.45, 7) is 0.564. The van der Waals surface area contributed by atoms with Crippen molar-refractivity contribution in [3.8, 4) is 0 Å². The molecule has 0 spiro atoms. The molecule has 1 aliphatic rings. The number of anilines is 1. The highest BCUT2D eigenvalue weighted by Gasteiger charge is 2.25. The van der Waals surface area contributed by atoms with Gasteiger partial charge >= 0.3 is 0 Å². The first-order valence-corrected chi connectivity index (χ1v) is 7.66. The summed E-state index contributed by atoms with van der Waals surface area (Å²) in [6, 6.07) is 14.7. The lowest BCUT2D eigenvalue weighted by atomic mass is 10.1. The van der Waals surface area contributed by atoms with Crippen LogP contribution in [0, 0.1) is 0 Å². The number of rotatable bonds is 1. The van der Waals surface area contributed by atoms with Crippen molar-refractivity contribution >= 4 is 33.3 Å². The van der Waals surface area contributed by atoms with Gasteiger partial charge in [0.2, 0.25) is 0 Å². The van der Waals surface area contributed by atoms with Gasteiger partial charge in [0.05, 0.1) is 5.69 Å². The number of halogens is 1. The third-order valence-electron chi connectivity index (χ3n) is 3.60. The SMILES string of the molecule is O=C1CCCN(C(=O)c2cccc(Br)c2)c2ccccc21. The summed E-state index contributed by atoms with van der Waals surface area (Å²) in [4.78, 5) is 26.6. The molecule has 1 amide bonds. The Morgan fingerprint density at radius 1 is 1.10 bits per heavy atom. The summed E-state index contributed by atoms with van der Waals surface area (Å²) >= 11 is 3.39. The van der Waals surface area contributed by atoms with E-state index < -0.39 is 0 Å². The number of hydrogen-bond donors (Lipinski definition) is 0. The average Bonchev–Trinajstić information content (AvgIpc) is 2.66. The van der Waals surface area contributed by atoms with Crippen molar-refractivity contribution in [3.63, 3.8) is 0 Å². The number of amides is 1. The van der Waals surface area contributed by atoms with Crippen molar-refractivity contribution in [2.75, 3.05) is 11.4 Å². The minimum Gasteiger partial charge on any atom is -0.308 e. The Hall–Kier alpha value is -1.94. The highest BCUT2D eigenvalue weighted by atomic mass is 79.9. The minimum atomic E-state index is -0.0709. The molecule has 0 aromatic heterocycles. The van der Waals surface area contributed by atoms with Crippen LogP contribution >= 0.6 is 15.9 Å². The van der Waals surface area contributed by atoms with Gasteiger partial charge in [-0.2, -0.15) is 0 Å². The first kappa shape index (κ1) is 14.0. The normalized spacial score (nSPS) is 14.5. The second-order valence-electron chi connectivity index (χ2n) is 5.01. The van der Waals surface area contributed by atoms with E-state index in [1.807, 2.05) is 30.3 Å². The summed E-state index contributed by atoms with van der Waals surface area (Å²) in [5, 5.41) is 0. The van der Waals surface area contributed by atoms with Crippen LogP contribution in [0.2, 0.25) is 0 Å². The van der Waals surface area contributed by atoms with Crippen LogP contribution in [0.15, 0.2) is 53.0 Å². The van der Waals surface area contributed by atoms with Gasteiger partial charge in [-0.25, -0.2) is 0 Å². The van der Waals surface area contributed by atoms with Gasteiger partial charge in [0, 0.05) is 28.6 Å². The molecule has 2 aromatic carbocycles. The zero-order valence-electron chi connectivity index (χ0n) is 11.4. The Morgan fingerprint density at radius 2 is 1.90 bits per heavy atom. The van der Waals surface area contributed by atoms with E-state index in [-0.39, 0.29) is 11.7 Å². The van der Waals surface area contributed by atoms with Gasteiger partial charge in [-0.3, -0.25) is 9.59 Å². The molecule has 21 heavy (non-hydrogen) atoms. The Bertz CT molecular complexity index is 711. The van der Waals surface area contributed by atoms with Gasteiger partial charge in [0.15, 0.2) is 5.78 Å². The van der Waals surface area contributed by atoms with Gasteiger partial charge in [0.1, 0.15) is 0 Å². The number of carbonyl (C=O) groups excluding carboxylic acids is 2. The Balaban J connectivity index is 2.04. The third kappa shape index (κ3) is 2.76. The number of hydrogen-bond acceptors (Lipinski definition) is 2. The number of benzene rings is 2. The van der Waals surface area contributed by atoms with E-state index in [2.05, 4.69) is 15.9 Å². The van der Waals surface area contributed by atoms with E-state index in [0.717, 1.165) is 4.47 Å². The molecule has 0 bridgehead atoms. The molecule has 4 heteroatoms. The van der Waals surface area contributed by atoms with Crippen molar-refractivity contribution in [3.05, 3.63) is 64.1 Å². The predicted octanol–water partition coefficient (Wildman–Crippen LogP) is 4.07. The number of Topliss-reactive ketones (excluding diaryl/α,β-unsaturated/α-hetero) is 1. The van der Waals surface area contributed by atoms with E-state index in [1.165, 1.54) is 0 Å². The fourth-order valence-electron chi connectivity index (χ4n) is 2.59. The monoisotopic (exact) mass is 343 g/mol. The Kier molecular flexibility index (Phi) is 3.88. The minimum absolute atomic E-state index is 0.0709. The van der Waals surface area contributed by atoms with Gasteiger partial charge in [-0.15, -0.1) is 0 Å². The molecule has 106 valence electrons. The number of ketones is 1. The van der Waals surface area contributed by atoms with Crippen molar-refractivity contribution in [1.29, 1.82) is 0 Å². The Morgan fingerprint density at radius 3 is 2.71 bits per heavy atom. The molecule has 3 nitrogen and oxygen atoms in total. The Labute approximate surface area is 131 Å². The first-order chi connectivity index (χ1) is 10.2. The molecular weight excluding hydrogens is 330 g/mol. The molecule has 3 rings (SSSR count). The predicted molar refractivity (Wildman–Crippen MR) is 85.8 cm³/mol. The summed E-state index contributed by atoms with van der Waals surface area (Å²) < 4.78 is 0.868. The molecule has 0 unspecified atom stereocenters. The second-order valence-corrected chi connectivity index (χ2v) is 5.93. The van der Waals surface area contributed by atoms with E-state index >= 15 is 0 Å². The molecule has 0 radical (unpaired) electrons. The number of nitrogens with zero attached hydrogens (tertiary/aromatic N) is 1. The van der Waals surface area contributed by atoms with E-state index in [0.29, 0.717) is 36.2 Å². The number of para-hydroxylation sites is 1. The second kappa shape index (κ2) is 5.82. The molecule has 0 saturated carbocycles. The maximum absolute atomic E-state index is 12.8. The molecule has 0 aliphatic carbocycles. The zero-order chi connectivity index (χ0) is 14.8. The summed E-state index contributed by atoms with van der Waals surface area (Å²) in [6.07, 6.45) is 1.17. The van der Waals surface area contributed by atoms with Crippen molar-refractivity contribution < 1.29 is 9.59 Å². The highest BCUT2D eigenvalue weighted by molar-refractivity contribution is 9.10. The first-order valence-electron chi connectivity index (χ1n) is 6.86. The molecule has 0 fully saturated rings. The maximum atomic E-state index is 12.8. The van der Waals surface area contributed by atoms with Crippen LogP contribution in [0.1, 0.15) is 33.6 Å². The fraction of sp³-hybridized carbons (Fsp3) is 0.176. The van der Waals surface area contributed by atoms with Gasteiger partial charge < -0.3 is 4.90 Å². The summed E-state index contributed by atoms with van der Waals surface area (Å²) in [5.74, 6) is 0.0357. The maximum Gasteiger partial charge on any atom is 0.258 e. The van der Waals surface area contributed by atoms with Crippen molar-refractivity contribution in [2.45, 2.75) is 12.8 Å². The smallest absolute Gasteiger partial charge is 0.258 e. The molecule has 0 atom stereocenters. The number of carbonyl (C=O) groups is 2. The zero-order valence-corrected chi connectivity index (χ0v) is 13.0. The molecule has 1 heterocycles. The van der Waals surface area contributed by atoms with Crippen LogP contribution in [0.25, 0.3) is 0 Å². The molecule has 0 N–H and O–H groups in total.